The smallest absolute Gasteiger partial charge is 0.161 e. The Morgan fingerprint density at radius 3 is 2.43 bits per heavy atom. The minimum absolute atomic E-state index is 0.185. The third kappa shape index (κ3) is 3.67. The Morgan fingerprint density at radius 1 is 1.05 bits per heavy atom. The maximum Gasteiger partial charge on any atom is 0.161 e. The number of para-hydroxylation sites is 1. The van der Waals surface area contributed by atoms with Crippen molar-refractivity contribution in [3.05, 3.63) is 53.6 Å². The minimum Gasteiger partial charge on any atom is -0.493 e. The van der Waals surface area contributed by atoms with Crippen LogP contribution >= 0.6 is 0 Å². The molecule has 0 fully saturated rings. The number of nitrogens with two attached hydrogens (primary N) is 1. The van der Waals surface area contributed by atoms with Crippen LogP contribution in [0.5, 0.6) is 11.5 Å². The number of hydrogen-bond acceptors (Lipinski definition) is 4. The molecular weight excluding hydrogens is 264 g/mol. The van der Waals surface area contributed by atoms with Crippen LogP contribution in [-0.4, -0.2) is 14.2 Å². The SMILES string of the molecule is COc1ccc(C(C)NCc2ccccc2N)cc1OC. The summed E-state index contributed by atoms with van der Waals surface area (Å²) < 4.78 is 10.6. The van der Waals surface area contributed by atoms with Gasteiger partial charge in [0.05, 0.1) is 14.2 Å². The van der Waals surface area contributed by atoms with Gasteiger partial charge < -0.3 is 20.5 Å². The van der Waals surface area contributed by atoms with Crippen LogP contribution in [0.15, 0.2) is 42.5 Å². The van der Waals surface area contributed by atoms with E-state index in [4.69, 9.17) is 15.2 Å². The lowest BCUT2D eigenvalue weighted by molar-refractivity contribution is 0.354. The molecule has 0 aromatic heterocycles. The summed E-state index contributed by atoms with van der Waals surface area (Å²) in [5.41, 5.74) is 9.00. The van der Waals surface area contributed by atoms with E-state index in [1.165, 1.54) is 0 Å². The van der Waals surface area contributed by atoms with Crippen molar-refractivity contribution in [3.8, 4) is 11.5 Å². The number of anilines is 1. The number of benzene rings is 2. The first-order valence-corrected chi connectivity index (χ1v) is 6.94. The third-order valence-electron chi connectivity index (χ3n) is 3.56. The molecule has 0 bridgehead atoms. The van der Waals surface area contributed by atoms with Crippen LogP contribution in [0, 0.1) is 0 Å². The molecule has 0 aliphatic rings. The number of nitrogens with one attached hydrogen (secondary N) is 1. The van der Waals surface area contributed by atoms with Gasteiger partial charge in [0.25, 0.3) is 0 Å². The van der Waals surface area contributed by atoms with Crippen molar-refractivity contribution >= 4 is 5.69 Å². The monoisotopic (exact) mass is 286 g/mol. The first-order chi connectivity index (χ1) is 10.2. The average molecular weight is 286 g/mol. The van der Waals surface area contributed by atoms with Crippen molar-refractivity contribution in [1.29, 1.82) is 0 Å². The molecule has 0 saturated heterocycles. The molecule has 2 rings (SSSR count). The molecule has 0 radical (unpaired) electrons. The summed E-state index contributed by atoms with van der Waals surface area (Å²) in [5.74, 6) is 1.48. The molecule has 4 nitrogen and oxygen atoms in total. The Balaban J connectivity index is 2.06. The molecule has 1 unspecified atom stereocenters. The molecule has 3 N–H and O–H groups in total. The van der Waals surface area contributed by atoms with E-state index in [0.29, 0.717) is 0 Å². The van der Waals surface area contributed by atoms with E-state index >= 15 is 0 Å². The Kier molecular flexibility index (Phi) is 5.06. The Hall–Kier alpha value is -2.20. The zero-order chi connectivity index (χ0) is 15.2. The highest BCUT2D eigenvalue weighted by molar-refractivity contribution is 5.46. The van der Waals surface area contributed by atoms with Crippen LogP contribution in [0.3, 0.4) is 0 Å². The van der Waals surface area contributed by atoms with Crippen molar-refractivity contribution in [2.24, 2.45) is 0 Å². The Bertz CT molecular complexity index is 599. The Labute approximate surface area is 125 Å². The molecule has 2 aromatic carbocycles. The van der Waals surface area contributed by atoms with E-state index in [1.54, 1.807) is 14.2 Å². The highest BCUT2D eigenvalue weighted by Crippen LogP contribution is 2.30. The molecule has 112 valence electrons. The van der Waals surface area contributed by atoms with E-state index in [1.807, 2.05) is 42.5 Å². The van der Waals surface area contributed by atoms with Gasteiger partial charge in [0.1, 0.15) is 0 Å². The standard InChI is InChI=1S/C17H22N2O2/c1-12(19-11-14-6-4-5-7-15(14)18)13-8-9-16(20-2)17(10-13)21-3/h4-10,12,19H,11,18H2,1-3H3. The lowest BCUT2D eigenvalue weighted by Gasteiger charge is -2.17. The largest absolute Gasteiger partial charge is 0.493 e. The fraction of sp³-hybridized carbons (Fsp3) is 0.294. The number of hydrogen-bond donors (Lipinski definition) is 2. The number of methoxy groups -OCH3 is 2. The molecule has 1 atom stereocenters. The van der Waals surface area contributed by atoms with Crippen LogP contribution in [0.2, 0.25) is 0 Å². The van der Waals surface area contributed by atoms with Gasteiger partial charge in [-0.1, -0.05) is 24.3 Å². The second kappa shape index (κ2) is 6.99. The topological polar surface area (TPSA) is 56.5 Å². The van der Waals surface area contributed by atoms with E-state index in [0.717, 1.165) is 34.9 Å². The van der Waals surface area contributed by atoms with E-state index in [-0.39, 0.29) is 6.04 Å². The average Bonchev–Trinajstić information content (AvgIpc) is 2.53. The van der Waals surface area contributed by atoms with Crippen LogP contribution in [0.4, 0.5) is 5.69 Å². The second-order valence-corrected chi connectivity index (χ2v) is 4.92. The van der Waals surface area contributed by atoms with E-state index in [2.05, 4.69) is 12.2 Å². The van der Waals surface area contributed by atoms with Gasteiger partial charge in [0.2, 0.25) is 0 Å². The summed E-state index contributed by atoms with van der Waals surface area (Å²) in [5, 5.41) is 3.47. The molecule has 0 aliphatic heterocycles. The molecule has 0 spiro atoms. The molecule has 0 saturated carbocycles. The van der Waals surface area contributed by atoms with Gasteiger partial charge in [-0.3, -0.25) is 0 Å². The summed E-state index contributed by atoms with van der Waals surface area (Å²) in [6, 6.07) is 14.0. The highest BCUT2D eigenvalue weighted by Gasteiger charge is 2.10. The molecular formula is C17H22N2O2. The quantitative estimate of drug-likeness (QED) is 0.801. The van der Waals surface area contributed by atoms with Gasteiger partial charge in [-0.25, -0.2) is 0 Å². The summed E-state index contributed by atoms with van der Waals surface area (Å²) in [4.78, 5) is 0. The summed E-state index contributed by atoms with van der Waals surface area (Å²) in [6.07, 6.45) is 0. The van der Waals surface area contributed by atoms with Crippen molar-refractivity contribution in [2.75, 3.05) is 20.0 Å². The molecule has 2 aromatic rings. The first kappa shape index (κ1) is 15.2. The van der Waals surface area contributed by atoms with E-state index in [9.17, 15) is 0 Å². The predicted octanol–water partition coefficient (Wildman–Crippen LogP) is 3.14. The fourth-order valence-corrected chi connectivity index (χ4v) is 2.20. The van der Waals surface area contributed by atoms with Gasteiger partial charge in [-0.05, 0) is 36.2 Å². The normalized spacial score (nSPS) is 12.0. The van der Waals surface area contributed by atoms with Crippen LogP contribution in [-0.2, 0) is 6.54 Å². The molecule has 0 heterocycles. The van der Waals surface area contributed by atoms with Gasteiger partial charge in [0.15, 0.2) is 11.5 Å². The molecule has 0 aliphatic carbocycles. The van der Waals surface area contributed by atoms with Gasteiger partial charge in [-0.2, -0.15) is 0 Å². The maximum atomic E-state index is 5.95. The lowest BCUT2D eigenvalue weighted by Crippen LogP contribution is -2.18. The van der Waals surface area contributed by atoms with Gasteiger partial charge in [0, 0.05) is 18.3 Å². The van der Waals surface area contributed by atoms with E-state index < -0.39 is 0 Å². The minimum atomic E-state index is 0.185. The maximum absolute atomic E-state index is 5.95. The first-order valence-electron chi connectivity index (χ1n) is 6.94. The third-order valence-corrected chi connectivity index (χ3v) is 3.56. The van der Waals surface area contributed by atoms with Crippen molar-refractivity contribution < 1.29 is 9.47 Å². The molecule has 21 heavy (non-hydrogen) atoms. The van der Waals surface area contributed by atoms with Crippen molar-refractivity contribution in [2.45, 2.75) is 19.5 Å². The van der Waals surface area contributed by atoms with Gasteiger partial charge >= 0.3 is 0 Å². The highest BCUT2D eigenvalue weighted by atomic mass is 16.5. The van der Waals surface area contributed by atoms with Crippen LogP contribution < -0.4 is 20.5 Å². The van der Waals surface area contributed by atoms with Gasteiger partial charge in [-0.15, -0.1) is 0 Å². The Morgan fingerprint density at radius 2 is 1.76 bits per heavy atom. The lowest BCUT2D eigenvalue weighted by atomic mass is 10.1. The summed E-state index contributed by atoms with van der Waals surface area (Å²) in [7, 11) is 3.28. The molecule has 4 heteroatoms. The summed E-state index contributed by atoms with van der Waals surface area (Å²) >= 11 is 0. The number of ether oxygens (including phenoxy) is 2. The van der Waals surface area contributed by atoms with Crippen LogP contribution in [0.25, 0.3) is 0 Å². The zero-order valence-electron chi connectivity index (χ0n) is 12.7. The number of rotatable bonds is 6. The zero-order valence-corrected chi connectivity index (χ0v) is 12.7. The summed E-state index contributed by atoms with van der Waals surface area (Å²) in [6.45, 7) is 2.84. The molecule has 0 amide bonds. The fourth-order valence-electron chi connectivity index (χ4n) is 2.20. The predicted molar refractivity (Wildman–Crippen MR) is 85.7 cm³/mol. The number of nitrogen functional groups attached to an aromatic ring is 1. The van der Waals surface area contributed by atoms with Crippen molar-refractivity contribution in [1.82, 2.24) is 5.32 Å². The van der Waals surface area contributed by atoms with Crippen LogP contribution in [0.1, 0.15) is 24.1 Å². The second-order valence-electron chi connectivity index (χ2n) is 4.92. The van der Waals surface area contributed by atoms with Crippen molar-refractivity contribution in [3.63, 3.8) is 0 Å².